The predicted molar refractivity (Wildman–Crippen MR) is 108 cm³/mol. The Labute approximate surface area is 161 Å². The average molecular weight is 452 g/mol. The Morgan fingerprint density at radius 1 is 1.39 bits per heavy atom. The van der Waals surface area contributed by atoms with E-state index in [1.54, 1.807) is 0 Å². The number of hydrogen-bond donors (Lipinski definition) is 1. The molecule has 0 spiro atoms. The van der Waals surface area contributed by atoms with Crippen molar-refractivity contribution in [2.24, 2.45) is 4.99 Å². The molecule has 0 radical (unpaired) electrons. The third kappa shape index (κ3) is 6.85. The molecular weight excluding hydrogens is 425 g/mol. The second-order valence-electron chi connectivity index (χ2n) is 5.50. The molecule has 130 valence electrons. The van der Waals surface area contributed by atoms with Crippen LogP contribution in [0.5, 0.6) is 0 Å². The second-order valence-corrected chi connectivity index (χ2v) is 5.93. The Morgan fingerprint density at radius 3 is 2.74 bits per heavy atom. The van der Waals surface area contributed by atoms with Crippen molar-refractivity contribution in [2.45, 2.75) is 32.3 Å². The highest BCUT2D eigenvalue weighted by Crippen LogP contribution is 2.14. The first-order valence-corrected chi connectivity index (χ1v) is 8.42. The maximum atomic E-state index is 6.01. The van der Waals surface area contributed by atoms with Crippen molar-refractivity contribution < 1.29 is 4.74 Å². The molecule has 0 aliphatic carbocycles. The third-order valence-corrected chi connectivity index (χ3v) is 4.18. The van der Waals surface area contributed by atoms with Crippen LogP contribution in [0.25, 0.3) is 0 Å². The first-order valence-electron chi connectivity index (χ1n) is 8.04. The molecule has 1 aromatic carbocycles. The Balaban J connectivity index is 0.00000264. The quantitative estimate of drug-likeness (QED) is 0.422. The number of guanidine groups is 1. The summed E-state index contributed by atoms with van der Waals surface area (Å²) in [5.74, 6) is 0.983. The average Bonchev–Trinajstić information content (AvgIpc) is 2.53. The van der Waals surface area contributed by atoms with Crippen molar-refractivity contribution >= 4 is 41.5 Å². The zero-order valence-electron chi connectivity index (χ0n) is 13.9. The number of nitrogens with zero attached hydrogens (tertiary/aromatic N) is 2. The smallest absolute Gasteiger partial charge is 0.193 e. The van der Waals surface area contributed by atoms with Gasteiger partial charge >= 0.3 is 0 Å². The molecule has 1 aliphatic heterocycles. The fourth-order valence-electron chi connectivity index (χ4n) is 2.81. The summed E-state index contributed by atoms with van der Waals surface area (Å²) < 4.78 is 5.70. The van der Waals surface area contributed by atoms with E-state index in [2.05, 4.69) is 28.2 Å². The molecule has 6 heteroatoms. The van der Waals surface area contributed by atoms with E-state index in [0.29, 0.717) is 6.10 Å². The molecule has 1 heterocycles. The lowest BCUT2D eigenvalue weighted by Gasteiger charge is -2.34. The summed E-state index contributed by atoms with van der Waals surface area (Å²) in [4.78, 5) is 6.71. The van der Waals surface area contributed by atoms with Gasteiger partial charge in [0.25, 0.3) is 0 Å². The summed E-state index contributed by atoms with van der Waals surface area (Å²) in [5, 5.41) is 4.24. The fraction of sp³-hybridized carbons (Fsp3) is 0.588. The summed E-state index contributed by atoms with van der Waals surface area (Å²) in [6.07, 6.45) is 3.49. The molecule has 1 N–H and O–H groups in total. The van der Waals surface area contributed by atoms with E-state index in [0.717, 1.165) is 56.5 Å². The van der Waals surface area contributed by atoms with Gasteiger partial charge in [0.05, 0.1) is 6.10 Å². The largest absolute Gasteiger partial charge is 0.378 e. The first-order chi connectivity index (χ1) is 10.7. The predicted octanol–water partition coefficient (Wildman–Crippen LogP) is 3.58. The van der Waals surface area contributed by atoms with Gasteiger partial charge in [-0.15, -0.1) is 24.0 Å². The fourth-order valence-corrected chi connectivity index (χ4v) is 3.03. The number of rotatable bonds is 5. The Kier molecular flexibility index (Phi) is 9.90. The van der Waals surface area contributed by atoms with Crippen LogP contribution in [0.1, 0.15) is 25.3 Å². The van der Waals surface area contributed by atoms with Crippen molar-refractivity contribution in [3.63, 3.8) is 0 Å². The van der Waals surface area contributed by atoms with Gasteiger partial charge < -0.3 is 15.0 Å². The van der Waals surface area contributed by atoms with Crippen LogP contribution < -0.4 is 5.32 Å². The van der Waals surface area contributed by atoms with Crippen LogP contribution in [0, 0.1) is 0 Å². The topological polar surface area (TPSA) is 36.9 Å². The van der Waals surface area contributed by atoms with Gasteiger partial charge in [0.2, 0.25) is 0 Å². The van der Waals surface area contributed by atoms with E-state index >= 15 is 0 Å². The molecule has 0 amide bonds. The van der Waals surface area contributed by atoms with Gasteiger partial charge in [-0.05, 0) is 43.9 Å². The molecule has 4 nitrogen and oxygen atoms in total. The van der Waals surface area contributed by atoms with Crippen LogP contribution in [0.3, 0.4) is 0 Å². The normalized spacial score (nSPS) is 16.1. The zero-order chi connectivity index (χ0) is 15.8. The molecule has 0 unspecified atom stereocenters. The van der Waals surface area contributed by atoms with Crippen LogP contribution in [-0.4, -0.2) is 50.3 Å². The lowest BCUT2D eigenvalue weighted by molar-refractivity contribution is 0.0264. The number of hydrogen-bond acceptors (Lipinski definition) is 2. The van der Waals surface area contributed by atoms with Gasteiger partial charge in [0, 0.05) is 38.3 Å². The van der Waals surface area contributed by atoms with Crippen molar-refractivity contribution in [2.75, 3.05) is 33.3 Å². The van der Waals surface area contributed by atoms with E-state index in [4.69, 9.17) is 16.3 Å². The van der Waals surface area contributed by atoms with E-state index in [1.807, 2.05) is 25.2 Å². The van der Waals surface area contributed by atoms with E-state index < -0.39 is 0 Å². The number of benzene rings is 1. The maximum absolute atomic E-state index is 6.01. The molecule has 0 saturated carbocycles. The lowest BCUT2D eigenvalue weighted by Crippen LogP contribution is -2.47. The molecule has 0 atom stereocenters. The SMILES string of the molecule is CCOC1CCN(C(=NC)NCCc2cccc(Cl)c2)CC1.I. The molecule has 1 saturated heterocycles. The maximum Gasteiger partial charge on any atom is 0.193 e. The molecule has 1 aliphatic rings. The minimum atomic E-state index is 0. The van der Waals surface area contributed by atoms with Crippen LogP contribution >= 0.6 is 35.6 Å². The number of likely N-dealkylation sites (tertiary alicyclic amines) is 1. The third-order valence-electron chi connectivity index (χ3n) is 3.94. The highest BCUT2D eigenvalue weighted by molar-refractivity contribution is 14.0. The van der Waals surface area contributed by atoms with Crippen LogP contribution in [0.4, 0.5) is 0 Å². The van der Waals surface area contributed by atoms with Crippen LogP contribution in [-0.2, 0) is 11.2 Å². The van der Waals surface area contributed by atoms with Crippen molar-refractivity contribution in [1.29, 1.82) is 0 Å². The standard InChI is InChI=1S/C17H26ClN3O.HI/c1-3-22-16-8-11-21(12-9-16)17(19-2)20-10-7-14-5-4-6-15(18)13-14;/h4-6,13,16H,3,7-12H2,1-2H3,(H,19,20);1H. The number of nitrogens with one attached hydrogen (secondary N) is 1. The van der Waals surface area contributed by atoms with Crippen molar-refractivity contribution in [3.8, 4) is 0 Å². The van der Waals surface area contributed by atoms with Crippen molar-refractivity contribution in [1.82, 2.24) is 10.2 Å². The Morgan fingerprint density at radius 2 is 2.13 bits per heavy atom. The number of piperidine rings is 1. The highest BCUT2D eigenvalue weighted by atomic mass is 127. The molecule has 0 bridgehead atoms. The highest BCUT2D eigenvalue weighted by Gasteiger charge is 2.21. The molecule has 0 aromatic heterocycles. The van der Waals surface area contributed by atoms with Crippen LogP contribution in [0.2, 0.25) is 5.02 Å². The van der Waals surface area contributed by atoms with Gasteiger partial charge in [0.1, 0.15) is 0 Å². The lowest BCUT2D eigenvalue weighted by atomic mass is 10.1. The van der Waals surface area contributed by atoms with Gasteiger partial charge in [0.15, 0.2) is 5.96 Å². The number of aliphatic imine (C=N–C) groups is 1. The van der Waals surface area contributed by atoms with E-state index in [1.165, 1.54) is 5.56 Å². The second kappa shape index (κ2) is 11.1. The molecule has 2 rings (SSSR count). The zero-order valence-corrected chi connectivity index (χ0v) is 17.0. The molecule has 23 heavy (non-hydrogen) atoms. The van der Waals surface area contributed by atoms with Crippen molar-refractivity contribution in [3.05, 3.63) is 34.9 Å². The Bertz CT molecular complexity index is 490. The molecule has 1 fully saturated rings. The van der Waals surface area contributed by atoms with Gasteiger partial charge in [-0.2, -0.15) is 0 Å². The molecular formula is C17H27ClIN3O. The Hall–Kier alpha value is -0.530. The minimum Gasteiger partial charge on any atom is -0.378 e. The molecule has 1 aromatic rings. The number of halogens is 2. The summed E-state index contributed by atoms with van der Waals surface area (Å²) in [6.45, 7) is 5.72. The van der Waals surface area contributed by atoms with Crippen LogP contribution in [0.15, 0.2) is 29.3 Å². The van der Waals surface area contributed by atoms with E-state index in [-0.39, 0.29) is 24.0 Å². The summed E-state index contributed by atoms with van der Waals surface area (Å²) >= 11 is 6.01. The number of ether oxygens (including phenoxy) is 1. The summed E-state index contributed by atoms with van der Waals surface area (Å²) in [5.41, 5.74) is 1.24. The first kappa shape index (κ1) is 20.5. The summed E-state index contributed by atoms with van der Waals surface area (Å²) in [7, 11) is 1.84. The van der Waals surface area contributed by atoms with Gasteiger partial charge in [-0.25, -0.2) is 0 Å². The van der Waals surface area contributed by atoms with Gasteiger partial charge in [-0.1, -0.05) is 23.7 Å². The van der Waals surface area contributed by atoms with E-state index in [9.17, 15) is 0 Å². The van der Waals surface area contributed by atoms with Gasteiger partial charge in [-0.3, -0.25) is 4.99 Å². The monoisotopic (exact) mass is 451 g/mol. The summed E-state index contributed by atoms with van der Waals surface area (Å²) in [6, 6.07) is 8.01. The minimum absolute atomic E-state index is 0.